The number of aliphatic hydroxyl groups is 2. The average molecular weight is 197 g/mol. The number of hydrogen-bond acceptors (Lipinski definition) is 3. The van der Waals surface area contributed by atoms with E-state index in [1.54, 1.807) is 0 Å². The number of β-amino-alcohol motifs (C(OH)–C–C–N with tert-alkyl or cyclic N) is 2. The second kappa shape index (κ2) is 4.31. The van der Waals surface area contributed by atoms with E-state index >= 15 is 0 Å². The Morgan fingerprint density at radius 2 is 1.71 bits per heavy atom. The molecule has 0 aromatic heterocycles. The summed E-state index contributed by atoms with van der Waals surface area (Å²) in [5, 5.41) is 18.6. The normalized spacial score (nSPS) is 28.6. The third kappa shape index (κ3) is 3.67. The predicted molar refractivity (Wildman–Crippen MR) is 55.7 cm³/mol. The SMILES string of the molecule is CC(C)(C)C#CCN1C[C@@H](O)[C@@H](O)C1. The lowest BCUT2D eigenvalue weighted by molar-refractivity contribution is 0.0572. The van der Waals surface area contributed by atoms with Gasteiger partial charge in [0.05, 0.1) is 18.8 Å². The maximum atomic E-state index is 9.29. The van der Waals surface area contributed by atoms with Crippen LogP contribution >= 0.6 is 0 Å². The molecule has 0 spiro atoms. The van der Waals surface area contributed by atoms with Gasteiger partial charge in [-0.25, -0.2) is 0 Å². The molecule has 0 amide bonds. The van der Waals surface area contributed by atoms with Crippen molar-refractivity contribution in [3.8, 4) is 11.8 Å². The van der Waals surface area contributed by atoms with Gasteiger partial charge < -0.3 is 10.2 Å². The molecule has 0 radical (unpaired) electrons. The second-order valence-electron chi connectivity index (χ2n) is 4.88. The molecule has 0 aromatic rings. The van der Waals surface area contributed by atoms with Crippen LogP contribution < -0.4 is 0 Å². The van der Waals surface area contributed by atoms with Crippen molar-refractivity contribution in [2.75, 3.05) is 19.6 Å². The van der Waals surface area contributed by atoms with Gasteiger partial charge in [-0.2, -0.15) is 0 Å². The first-order chi connectivity index (χ1) is 6.38. The highest BCUT2D eigenvalue weighted by atomic mass is 16.3. The minimum Gasteiger partial charge on any atom is -0.389 e. The maximum absolute atomic E-state index is 9.29. The Morgan fingerprint density at radius 3 is 2.14 bits per heavy atom. The van der Waals surface area contributed by atoms with Gasteiger partial charge >= 0.3 is 0 Å². The van der Waals surface area contributed by atoms with Gasteiger partial charge in [0, 0.05) is 18.5 Å². The molecule has 1 aliphatic heterocycles. The molecule has 1 fully saturated rings. The van der Waals surface area contributed by atoms with Crippen molar-refractivity contribution >= 4 is 0 Å². The van der Waals surface area contributed by atoms with Crippen molar-refractivity contribution in [3.63, 3.8) is 0 Å². The summed E-state index contributed by atoms with van der Waals surface area (Å²) < 4.78 is 0. The Kier molecular flexibility index (Phi) is 3.54. The molecule has 0 bridgehead atoms. The molecule has 0 saturated carbocycles. The van der Waals surface area contributed by atoms with Crippen molar-refractivity contribution in [3.05, 3.63) is 0 Å². The summed E-state index contributed by atoms with van der Waals surface area (Å²) in [7, 11) is 0. The third-order valence-electron chi connectivity index (χ3n) is 2.10. The van der Waals surface area contributed by atoms with E-state index in [0.29, 0.717) is 19.6 Å². The maximum Gasteiger partial charge on any atom is 0.0938 e. The summed E-state index contributed by atoms with van der Waals surface area (Å²) in [4.78, 5) is 1.97. The van der Waals surface area contributed by atoms with Crippen LogP contribution in [0.4, 0.5) is 0 Å². The molecule has 0 unspecified atom stereocenters. The van der Waals surface area contributed by atoms with Crippen molar-refractivity contribution in [2.24, 2.45) is 5.41 Å². The lowest BCUT2D eigenvalue weighted by Gasteiger charge is -2.11. The summed E-state index contributed by atoms with van der Waals surface area (Å²) in [6.07, 6.45) is -1.21. The number of nitrogens with zero attached hydrogens (tertiary/aromatic N) is 1. The second-order valence-corrected chi connectivity index (χ2v) is 4.88. The van der Waals surface area contributed by atoms with E-state index in [9.17, 15) is 10.2 Å². The summed E-state index contributed by atoms with van der Waals surface area (Å²) in [5.41, 5.74) is 0.0248. The van der Waals surface area contributed by atoms with Crippen LogP contribution in [-0.4, -0.2) is 47.0 Å². The van der Waals surface area contributed by atoms with E-state index in [0.717, 1.165) is 0 Å². The van der Waals surface area contributed by atoms with Crippen molar-refractivity contribution < 1.29 is 10.2 Å². The van der Waals surface area contributed by atoms with E-state index in [4.69, 9.17) is 0 Å². The van der Waals surface area contributed by atoms with Crippen LogP contribution in [0.2, 0.25) is 0 Å². The van der Waals surface area contributed by atoms with Crippen LogP contribution in [0.5, 0.6) is 0 Å². The summed E-state index contributed by atoms with van der Waals surface area (Å²) in [6, 6.07) is 0. The topological polar surface area (TPSA) is 43.7 Å². The number of aliphatic hydroxyl groups excluding tert-OH is 2. The van der Waals surface area contributed by atoms with E-state index in [1.165, 1.54) is 0 Å². The van der Waals surface area contributed by atoms with Gasteiger partial charge in [-0.15, -0.1) is 0 Å². The number of hydrogen-bond donors (Lipinski definition) is 2. The average Bonchev–Trinajstić information content (AvgIpc) is 2.28. The molecule has 0 aliphatic carbocycles. The zero-order chi connectivity index (χ0) is 10.8. The van der Waals surface area contributed by atoms with Gasteiger partial charge in [0.1, 0.15) is 0 Å². The van der Waals surface area contributed by atoms with Crippen LogP contribution in [0, 0.1) is 17.3 Å². The first-order valence-electron chi connectivity index (χ1n) is 4.97. The highest BCUT2D eigenvalue weighted by Gasteiger charge is 2.28. The molecule has 1 saturated heterocycles. The molecule has 1 heterocycles. The van der Waals surface area contributed by atoms with Gasteiger partial charge in [-0.1, -0.05) is 11.8 Å². The molecular formula is C11H19NO2. The van der Waals surface area contributed by atoms with Gasteiger partial charge in [0.25, 0.3) is 0 Å². The largest absolute Gasteiger partial charge is 0.389 e. The Hall–Kier alpha value is -0.560. The summed E-state index contributed by atoms with van der Waals surface area (Å²) in [6.45, 7) is 7.88. The van der Waals surface area contributed by atoms with Crippen molar-refractivity contribution in [1.82, 2.24) is 4.90 Å². The molecule has 1 rings (SSSR count). The first kappa shape index (κ1) is 11.5. The number of likely N-dealkylation sites (tertiary alicyclic amines) is 1. The standard InChI is InChI=1S/C11H19NO2/c1-11(2,3)5-4-6-12-7-9(13)10(14)8-12/h9-10,13-14H,6-8H2,1-3H3/t9-,10+. The Labute approximate surface area is 85.7 Å². The fourth-order valence-corrected chi connectivity index (χ4v) is 1.39. The lowest BCUT2D eigenvalue weighted by Crippen LogP contribution is -2.22. The molecule has 2 N–H and O–H groups in total. The highest BCUT2D eigenvalue weighted by Crippen LogP contribution is 2.11. The minimum atomic E-state index is -0.605. The van der Waals surface area contributed by atoms with E-state index < -0.39 is 12.2 Å². The van der Waals surface area contributed by atoms with Crippen LogP contribution in [0.25, 0.3) is 0 Å². The van der Waals surface area contributed by atoms with Gasteiger partial charge in [0.2, 0.25) is 0 Å². The van der Waals surface area contributed by atoms with Gasteiger partial charge in [0.15, 0.2) is 0 Å². The zero-order valence-electron chi connectivity index (χ0n) is 9.12. The Bertz CT molecular complexity index is 236. The molecule has 80 valence electrons. The molecule has 1 aliphatic rings. The fraction of sp³-hybridized carbons (Fsp3) is 0.818. The first-order valence-corrected chi connectivity index (χ1v) is 4.97. The summed E-state index contributed by atoms with van der Waals surface area (Å²) in [5.74, 6) is 6.19. The van der Waals surface area contributed by atoms with E-state index in [2.05, 4.69) is 32.6 Å². The van der Waals surface area contributed by atoms with Crippen LogP contribution in [0.15, 0.2) is 0 Å². The van der Waals surface area contributed by atoms with Gasteiger partial charge in [-0.3, -0.25) is 4.90 Å². The van der Waals surface area contributed by atoms with Crippen LogP contribution in [0.1, 0.15) is 20.8 Å². The molecule has 3 nitrogen and oxygen atoms in total. The highest BCUT2D eigenvalue weighted by molar-refractivity contribution is 5.09. The zero-order valence-corrected chi connectivity index (χ0v) is 9.12. The minimum absolute atomic E-state index is 0.0248. The van der Waals surface area contributed by atoms with E-state index in [1.807, 2.05) is 4.90 Å². The number of rotatable bonds is 1. The van der Waals surface area contributed by atoms with Gasteiger partial charge in [-0.05, 0) is 20.8 Å². The smallest absolute Gasteiger partial charge is 0.0938 e. The molecule has 14 heavy (non-hydrogen) atoms. The van der Waals surface area contributed by atoms with Crippen molar-refractivity contribution in [1.29, 1.82) is 0 Å². The molecule has 0 aromatic carbocycles. The fourth-order valence-electron chi connectivity index (χ4n) is 1.39. The predicted octanol–water partition coefficient (Wildman–Crippen LogP) is 0.0733. The monoisotopic (exact) mass is 197 g/mol. The quantitative estimate of drug-likeness (QED) is 0.585. The lowest BCUT2D eigenvalue weighted by atomic mass is 9.98. The molecular weight excluding hydrogens is 178 g/mol. The van der Waals surface area contributed by atoms with E-state index in [-0.39, 0.29) is 5.41 Å². The Morgan fingerprint density at radius 1 is 1.21 bits per heavy atom. The molecule has 2 atom stereocenters. The molecule has 3 heteroatoms. The van der Waals surface area contributed by atoms with Crippen LogP contribution in [0.3, 0.4) is 0 Å². The van der Waals surface area contributed by atoms with Crippen molar-refractivity contribution in [2.45, 2.75) is 33.0 Å². The Balaban J connectivity index is 2.36. The summed E-state index contributed by atoms with van der Waals surface area (Å²) >= 11 is 0. The third-order valence-corrected chi connectivity index (χ3v) is 2.10. The van der Waals surface area contributed by atoms with Crippen LogP contribution in [-0.2, 0) is 0 Å².